The van der Waals surface area contributed by atoms with E-state index in [1.165, 1.54) is 85.9 Å². The van der Waals surface area contributed by atoms with E-state index in [0.717, 1.165) is 23.0 Å². The van der Waals surface area contributed by atoms with Gasteiger partial charge in [0.05, 0.1) is 0 Å². The molecule has 0 aromatic heterocycles. The molecule has 0 amide bonds. The van der Waals surface area contributed by atoms with Gasteiger partial charge in [0.25, 0.3) is 0 Å². The maximum atomic E-state index is 7.27. The van der Waals surface area contributed by atoms with E-state index in [4.69, 9.17) is 9.47 Å². The van der Waals surface area contributed by atoms with Gasteiger partial charge >= 0.3 is 0 Å². The zero-order valence-corrected chi connectivity index (χ0v) is 53.8. The van der Waals surface area contributed by atoms with Gasteiger partial charge in [0, 0.05) is 52.6 Å². The molecule has 0 bridgehead atoms. The van der Waals surface area contributed by atoms with E-state index < -0.39 is 31.7 Å². The third-order valence-electron chi connectivity index (χ3n) is 16.7. The van der Waals surface area contributed by atoms with Gasteiger partial charge in [0.1, 0.15) is 95.3 Å². The van der Waals surface area contributed by atoms with Crippen molar-refractivity contribution in [3.63, 3.8) is 0 Å². The number of hydrogen-bond acceptors (Lipinski definition) is 2. The van der Waals surface area contributed by atoms with E-state index in [1.807, 2.05) is 0 Å². The van der Waals surface area contributed by atoms with Crippen molar-refractivity contribution in [2.75, 3.05) is 0 Å². The molecule has 14 rings (SSSR count). The molecule has 0 fully saturated rings. The first-order valence-corrected chi connectivity index (χ1v) is 35.1. The molecule has 1 radical (unpaired) electrons. The van der Waals surface area contributed by atoms with Crippen LogP contribution >= 0.6 is 31.7 Å². The molecule has 0 spiro atoms. The standard InChI is InChI=1S/2C39H32OP2.Rh/c2*1-39(2)33-25-15-27-35(41(29-17-7-3-8-18-29)30-19-9-4-10-20-30)37(33)40-38-34(39)26-16-28-36(38)42(31-21-11-5-12-22-31)32-23-13-6-14-24-32;/h2*3-28H,1-2H3;/p+4. The Hall–Kier alpha value is -7.42. The summed E-state index contributed by atoms with van der Waals surface area (Å²) in [5.74, 6) is 4.14. The predicted molar refractivity (Wildman–Crippen MR) is 371 cm³/mol. The Morgan fingerprint density at radius 3 is 0.506 bits per heavy atom. The Morgan fingerprint density at radius 1 is 0.200 bits per heavy atom. The van der Waals surface area contributed by atoms with Crippen LogP contribution in [0.25, 0.3) is 0 Å². The summed E-state index contributed by atoms with van der Waals surface area (Å²) in [6.07, 6.45) is 0. The molecule has 2 aliphatic rings. The number of fused-ring (bicyclic) bond motifs is 4. The van der Waals surface area contributed by atoms with Crippen molar-refractivity contribution in [3.8, 4) is 23.0 Å². The SMILES string of the molecule is CC1(C)c2cccc([PH+](c3ccccc3)c3ccccc3)c2Oc2c([PH+](c3ccccc3)c3ccccc3)cccc21.CC1(C)c2cccc([PH+](c3ccccc3)c3ccccc3)c2Oc2c([PH+](c3ccccc3)c3ccccc3)cccc21.[Rh]. The molecule has 2 heterocycles. The second kappa shape index (κ2) is 25.7. The Balaban J connectivity index is 0.000000165. The molecule has 0 atom stereocenters. The molecular weight excluding hydrogens is 1200 g/mol. The first kappa shape index (κ1) is 58.0. The van der Waals surface area contributed by atoms with E-state index in [2.05, 4.69) is 343 Å². The minimum Gasteiger partial charge on any atom is -0.448 e. The maximum Gasteiger partial charge on any atom is 0.174 e. The number of ether oxygens (including phenoxy) is 2. The topological polar surface area (TPSA) is 18.5 Å². The molecule has 7 heteroatoms. The Labute approximate surface area is 519 Å². The van der Waals surface area contributed by atoms with Crippen molar-refractivity contribution in [3.05, 3.63) is 338 Å². The minimum absolute atomic E-state index is 0. The molecule has 2 nitrogen and oxygen atoms in total. The summed E-state index contributed by atoms with van der Waals surface area (Å²) in [5, 5.41) is 16.1. The first-order chi connectivity index (χ1) is 41.3. The zero-order chi connectivity index (χ0) is 57.0. The normalized spacial score (nSPS) is 13.2. The average Bonchev–Trinajstić information content (AvgIpc) is 1.35. The van der Waals surface area contributed by atoms with Gasteiger partial charge in [0.15, 0.2) is 23.0 Å². The van der Waals surface area contributed by atoms with Crippen molar-refractivity contribution in [2.24, 2.45) is 0 Å². The van der Waals surface area contributed by atoms with Crippen LogP contribution in [0.3, 0.4) is 0 Å². The summed E-state index contributed by atoms with van der Waals surface area (Å²) in [6, 6.07) is 115. The quantitative estimate of drug-likeness (QED) is 0.0897. The molecule has 2 aliphatic heterocycles. The average molecular weight is 1260 g/mol. The van der Waals surface area contributed by atoms with Crippen LogP contribution in [0.2, 0.25) is 0 Å². The van der Waals surface area contributed by atoms with Gasteiger partial charge in [-0.15, -0.1) is 0 Å². The van der Waals surface area contributed by atoms with Crippen LogP contribution in [0.1, 0.15) is 49.9 Å². The van der Waals surface area contributed by atoms with Crippen LogP contribution in [0.15, 0.2) is 315 Å². The fourth-order valence-electron chi connectivity index (χ4n) is 12.6. The van der Waals surface area contributed by atoms with Crippen molar-refractivity contribution in [2.45, 2.75) is 38.5 Å². The summed E-state index contributed by atoms with van der Waals surface area (Å²) < 4.78 is 14.5. The maximum absolute atomic E-state index is 7.27. The molecule has 85 heavy (non-hydrogen) atoms. The summed E-state index contributed by atoms with van der Waals surface area (Å²) >= 11 is 0. The zero-order valence-electron chi connectivity index (χ0n) is 48.2. The van der Waals surface area contributed by atoms with E-state index in [1.54, 1.807) is 0 Å². The molecule has 0 aliphatic carbocycles. The number of hydrogen-bond donors (Lipinski definition) is 0. The third kappa shape index (κ3) is 11.5. The number of rotatable bonds is 12. The molecule has 0 N–H and O–H groups in total. The van der Waals surface area contributed by atoms with E-state index in [-0.39, 0.29) is 30.3 Å². The van der Waals surface area contributed by atoms with E-state index in [0.29, 0.717) is 0 Å². The van der Waals surface area contributed by atoms with Gasteiger partial charge in [-0.1, -0.05) is 222 Å². The number of para-hydroxylation sites is 4. The van der Waals surface area contributed by atoms with Gasteiger partial charge in [-0.3, -0.25) is 0 Å². The molecule has 0 unspecified atom stereocenters. The summed E-state index contributed by atoms with van der Waals surface area (Å²) in [6.45, 7) is 9.43. The fraction of sp³-hybridized carbons (Fsp3) is 0.0769. The third-order valence-corrected chi connectivity index (χ3v) is 27.8. The summed E-state index contributed by atoms with van der Waals surface area (Å²) in [7, 11) is -5.29. The number of benzene rings is 12. The molecular formula is C78H68O2P4Rh+4. The smallest absolute Gasteiger partial charge is 0.174 e. The van der Waals surface area contributed by atoms with Crippen LogP contribution in [0.4, 0.5) is 0 Å². The molecule has 0 saturated heterocycles. The van der Waals surface area contributed by atoms with Gasteiger partial charge < -0.3 is 9.47 Å². The van der Waals surface area contributed by atoms with Crippen molar-refractivity contribution >= 4 is 95.3 Å². The van der Waals surface area contributed by atoms with Crippen LogP contribution in [-0.4, -0.2) is 0 Å². The predicted octanol–water partition coefficient (Wildman–Crippen LogP) is 14.2. The fourth-order valence-corrected chi connectivity index (χ4v) is 23.3. The molecule has 0 saturated carbocycles. The van der Waals surface area contributed by atoms with Gasteiger partial charge in [0.2, 0.25) is 0 Å². The van der Waals surface area contributed by atoms with Crippen molar-refractivity contribution in [1.82, 2.24) is 0 Å². The van der Waals surface area contributed by atoms with Crippen LogP contribution < -0.4 is 73.1 Å². The molecule has 12 aromatic carbocycles. The molecule has 12 aromatic rings. The van der Waals surface area contributed by atoms with Gasteiger partial charge in [-0.2, -0.15) is 0 Å². The summed E-state index contributed by atoms with van der Waals surface area (Å²) in [5.41, 5.74) is 4.60. The summed E-state index contributed by atoms with van der Waals surface area (Å²) in [4.78, 5) is 0. The van der Waals surface area contributed by atoms with Gasteiger partial charge in [-0.25, -0.2) is 0 Å². The Kier molecular flexibility index (Phi) is 17.5. The van der Waals surface area contributed by atoms with Crippen molar-refractivity contribution in [1.29, 1.82) is 0 Å². The van der Waals surface area contributed by atoms with Crippen LogP contribution in [-0.2, 0) is 30.3 Å². The largest absolute Gasteiger partial charge is 0.448 e. The van der Waals surface area contributed by atoms with E-state index in [9.17, 15) is 0 Å². The van der Waals surface area contributed by atoms with Crippen LogP contribution in [0, 0.1) is 0 Å². The second-order valence-electron chi connectivity index (χ2n) is 22.6. The molecule has 417 valence electrons. The van der Waals surface area contributed by atoms with Crippen LogP contribution in [0.5, 0.6) is 23.0 Å². The minimum atomic E-state index is -1.32. The monoisotopic (exact) mass is 1260 g/mol. The van der Waals surface area contributed by atoms with Crippen molar-refractivity contribution < 1.29 is 29.0 Å². The van der Waals surface area contributed by atoms with Gasteiger partial charge in [-0.05, 0) is 121 Å². The second-order valence-corrected chi connectivity index (χ2v) is 32.4. The first-order valence-electron chi connectivity index (χ1n) is 29.1. The Bertz CT molecular complexity index is 3490. The Morgan fingerprint density at radius 2 is 0.353 bits per heavy atom. The van der Waals surface area contributed by atoms with E-state index >= 15 is 0 Å².